The second-order valence-electron chi connectivity index (χ2n) is 3.42. The van der Waals surface area contributed by atoms with E-state index in [1.807, 2.05) is 0 Å². The van der Waals surface area contributed by atoms with Gasteiger partial charge in [-0.1, -0.05) is 19.1 Å². The van der Waals surface area contributed by atoms with Gasteiger partial charge in [-0.25, -0.2) is 12.7 Å². The molecule has 0 saturated carbocycles. The standard InChI is InChI=1S/C10H16N2O2S/c1-3-12(2)15(13,14)8-9-5-4-6-10(11)7-9/h4-7H,3,8,11H2,1-2H3. The van der Waals surface area contributed by atoms with Gasteiger partial charge in [0.15, 0.2) is 0 Å². The van der Waals surface area contributed by atoms with Gasteiger partial charge in [0.2, 0.25) is 10.0 Å². The van der Waals surface area contributed by atoms with Gasteiger partial charge in [0.25, 0.3) is 0 Å². The molecule has 0 saturated heterocycles. The molecule has 84 valence electrons. The largest absolute Gasteiger partial charge is 0.399 e. The molecule has 0 heterocycles. The summed E-state index contributed by atoms with van der Waals surface area (Å²) >= 11 is 0. The molecular weight excluding hydrogens is 212 g/mol. The molecule has 1 rings (SSSR count). The second-order valence-corrected chi connectivity index (χ2v) is 5.49. The molecule has 0 aromatic heterocycles. The zero-order valence-electron chi connectivity index (χ0n) is 8.97. The van der Waals surface area contributed by atoms with Crippen LogP contribution < -0.4 is 5.73 Å². The summed E-state index contributed by atoms with van der Waals surface area (Å²) in [6, 6.07) is 6.93. The quantitative estimate of drug-likeness (QED) is 0.783. The molecule has 0 aliphatic carbocycles. The second kappa shape index (κ2) is 4.63. The smallest absolute Gasteiger partial charge is 0.218 e. The Bertz CT molecular complexity index is 429. The minimum absolute atomic E-state index is 0.00236. The van der Waals surface area contributed by atoms with E-state index >= 15 is 0 Å². The molecule has 1 aromatic carbocycles. The van der Waals surface area contributed by atoms with Gasteiger partial charge < -0.3 is 5.73 Å². The van der Waals surface area contributed by atoms with Gasteiger partial charge in [0.05, 0.1) is 5.75 Å². The van der Waals surface area contributed by atoms with E-state index in [2.05, 4.69) is 0 Å². The third-order valence-corrected chi connectivity index (χ3v) is 4.13. The van der Waals surface area contributed by atoms with E-state index in [1.165, 1.54) is 4.31 Å². The molecule has 4 nitrogen and oxygen atoms in total. The first kappa shape index (κ1) is 12.0. The van der Waals surface area contributed by atoms with Gasteiger partial charge in [-0.05, 0) is 17.7 Å². The van der Waals surface area contributed by atoms with Gasteiger partial charge in [-0.3, -0.25) is 0 Å². The van der Waals surface area contributed by atoms with Crippen molar-refractivity contribution in [2.75, 3.05) is 19.3 Å². The Morgan fingerprint density at radius 3 is 2.60 bits per heavy atom. The van der Waals surface area contributed by atoms with Crippen LogP contribution in [0.5, 0.6) is 0 Å². The average molecular weight is 228 g/mol. The van der Waals surface area contributed by atoms with Crippen molar-refractivity contribution in [2.24, 2.45) is 0 Å². The van der Waals surface area contributed by atoms with Crippen LogP contribution in [0.25, 0.3) is 0 Å². The number of benzene rings is 1. The van der Waals surface area contributed by atoms with Gasteiger partial charge in [-0.15, -0.1) is 0 Å². The maximum atomic E-state index is 11.7. The van der Waals surface area contributed by atoms with Crippen LogP contribution in [0.2, 0.25) is 0 Å². The summed E-state index contributed by atoms with van der Waals surface area (Å²) in [5.41, 5.74) is 6.88. The molecule has 1 aromatic rings. The highest BCUT2D eigenvalue weighted by Crippen LogP contribution is 2.12. The van der Waals surface area contributed by atoms with Crippen molar-refractivity contribution in [1.29, 1.82) is 0 Å². The lowest BCUT2D eigenvalue weighted by atomic mass is 10.2. The van der Waals surface area contributed by atoms with Crippen LogP contribution in [0.3, 0.4) is 0 Å². The van der Waals surface area contributed by atoms with Crippen molar-refractivity contribution in [1.82, 2.24) is 4.31 Å². The number of sulfonamides is 1. The van der Waals surface area contributed by atoms with E-state index in [0.717, 1.165) is 5.56 Å². The van der Waals surface area contributed by atoms with Gasteiger partial charge >= 0.3 is 0 Å². The van der Waals surface area contributed by atoms with E-state index in [0.29, 0.717) is 12.2 Å². The number of rotatable bonds is 4. The zero-order valence-corrected chi connectivity index (χ0v) is 9.79. The van der Waals surface area contributed by atoms with Crippen LogP contribution in [0.4, 0.5) is 5.69 Å². The Morgan fingerprint density at radius 2 is 2.07 bits per heavy atom. The van der Waals surface area contributed by atoms with E-state index in [4.69, 9.17) is 5.73 Å². The maximum Gasteiger partial charge on any atom is 0.218 e. The number of nitrogens with zero attached hydrogens (tertiary/aromatic N) is 1. The van der Waals surface area contributed by atoms with E-state index in [-0.39, 0.29) is 5.75 Å². The molecule has 2 N–H and O–H groups in total. The monoisotopic (exact) mass is 228 g/mol. The number of hydrogen-bond acceptors (Lipinski definition) is 3. The van der Waals surface area contributed by atoms with Crippen LogP contribution >= 0.6 is 0 Å². The fraction of sp³-hybridized carbons (Fsp3) is 0.400. The van der Waals surface area contributed by atoms with Crippen LogP contribution in [0, 0.1) is 0 Å². The number of anilines is 1. The molecule has 15 heavy (non-hydrogen) atoms. The number of hydrogen-bond donors (Lipinski definition) is 1. The van der Waals surface area contributed by atoms with Crippen molar-refractivity contribution >= 4 is 15.7 Å². The highest BCUT2D eigenvalue weighted by Gasteiger charge is 2.16. The van der Waals surface area contributed by atoms with E-state index in [9.17, 15) is 8.42 Å². The average Bonchev–Trinajstić information content (AvgIpc) is 2.15. The van der Waals surface area contributed by atoms with E-state index < -0.39 is 10.0 Å². The number of nitrogen functional groups attached to an aromatic ring is 1. The Balaban J connectivity index is 2.87. The first-order chi connectivity index (χ1) is 6.95. The molecule has 0 aliphatic heterocycles. The van der Waals surface area contributed by atoms with Crippen molar-refractivity contribution in [2.45, 2.75) is 12.7 Å². The summed E-state index contributed by atoms with van der Waals surface area (Å²) < 4.78 is 24.8. The van der Waals surface area contributed by atoms with Crippen molar-refractivity contribution in [3.8, 4) is 0 Å². The van der Waals surface area contributed by atoms with Crippen molar-refractivity contribution < 1.29 is 8.42 Å². The summed E-state index contributed by atoms with van der Waals surface area (Å²) in [4.78, 5) is 0. The molecule has 5 heteroatoms. The third kappa shape index (κ3) is 3.21. The molecule has 0 atom stereocenters. The molecule has 0 fully saturated rings. The van der Waals surface area contributed by atoms with Crippen LogP contribution in [0.1, 0.15) is 12.5 Å². The zero-order chi connectivity index (χ0) is 11.5. The fourth-order valence-corrected chi connectivity index (χ4v) is 2.41. The Hall–Kier alpha value is -1.07. The van der Waals surface area contributed by atoms with Crippen LogP contribution in [0.15, 0.2) is 24.3 Å². The molecule has 0 unspecified atom stereocenters. The van der Waals surface area contributed by atoms with Crippen molar-refractivity contribution in [3.05, 3.63) is 29.8 Å². The van der Waals surface area contributed by atoms with Gasteiger partial charge in [0.1, 0.15) is 0 Å². The number of nitrogens with two attached hydrogens (primary N) is 1. The summed E-state index contributed by atoms with van der Waals surface area (Å²) in [7, 11) is -1.63. The fourth-order valence-electron chi connectivity index (χ4n) is 1.20. The molecule has 0 bridgehead atoms. The van der Waals surface area contributed by atoms with E-state index in [1.54, 1.807) is 38.2 Å². The topological polar surface area (TPSA) is 63.4 Å². The van der Waals surface area contributed by atoms with Crippen molar-refractivity contribution in [3.63, 3.8) is 0 Å². The molecule has 0 aliphatic rings. The molecule has 0 spiro atoms. The summed E-state index contributed by atoms with van der Waals surface area (Å²) in [5.74, 6) is 0.00236. The molecule has 0 amide bonds. The summed E-state index contributed by atoms with van der Waals surface area (Å²) in [6.45, 7) is 2.28. The highest BCUT2D eigenvalue weighted by atomic mass is 32.2. The lowest BCUT2D eigenvalue weighted by molar-refractivity contribution is 0.485. The maximum absolute atomic E-state index is 11.7. The SMILES string of the molecule is CCN(C)S(=O)(=O)Cc1cccc(N)c1. The lowest BCUT2D eigenvalue weighted by Gasteiger charge is -2.14. The Labute approximate surface area is 90.8 Å². The molecular formula is C10H16N2O2S. The first-order valence-electron chi connectivity index (χ1n) is 4.74. The van der Waals surface area contributed by atoms with Gasteiger partial charge in [-0.2, -0.15) is 0 Å². The minimum Gasteiger partial charge on any atom is -0.399 e. The molecule has 0 radical (unpaired) electrons. The lowest BCUT2D eigenvalue weighted by Crippen LogP contribution is -2.27. The Kier molecular flexibility index (Phi) is 3.71. The third-order valence-electron chi connectivity index (χ3n) is 2.22. The normalized spacial score (nSPS) is 11.9. The summed E-state index contributed by atoms with van der Waals surface area (Å²) in [6.07, 6.45) is 0. The van der Waals surface area contributed by atoms with Crippen LogP contribution in [-0.4, -0.2) is 26.3 Å². The predicted octanol–water partition coefficient (Wildman–Crippen LogP) is 1.05. The first-order valence-corrected chi connectivity index (χ1v) is 6.35. The Morgan fingerprint density at radius 1 is 1.40 bits per heavy atom. The summed E-state index contributed by atoms with van der Waals surface area (Å²) in [5, 5.41) is 0. The highest BCUT2D eigenvalue weighted by molar-refractivity contribution is 7.88. The van der Waals surface area contributed by atoms with Gasteiger partial charge in [0, 0.05) is 19.3 Å². The predicted molar refractivity (Wildman–Crippen MR) is 61.8 cm³/mol. The van der Waals surface area contributed by atoms with Crippen LogP contribution in [-0.2, 0) is 15.8 Å². The minimum atomic E-state index is -3.20.